The second-order valence-corrected chi connectivity index (χ2v) is 7.47. The van der Waals surface area contributed by atoms with Crippen molar-refractivity contribution in [3.63, 3.8) is 0 Å². The van der Waals surface area contributed by atoms with Gasteiger partial charge in [-0.2, -0.15) is 0 Å². The van der Waals surface area contributed by atoms with Gasteiger partial charge in [0.25, 0.3) is 5.91 Å². The first-order valence-electron chi connectivity index (χ1n) is 9.05. The number of carbonyl (C=O) groups excluding carboxylic acids is 3. The highest BCUT2D eigenvalue weighted by molar-refractivity contribution is 6.30. The highest BCUT2D eigenvalue weighted by atomic mass is 35.5. The Hall–Kier alpha value is -2.86. The van der Waals surface area contributed by atoms with Crippen molar-refractivity contribution in [2.24, 2.45) is 5.73 Å². The molecule has 2 aromatic rings. The zero-order valence-electron chi connectivity index (χ0n) is 15.6. The number of carbonyl (C=O) groups is 3. The SMILES string of the molecule is CC(NC(=O)CCCN1Cc2ccccc2C1=O)(C(N)=O)c1cccc(Cl)c1. The minimum Gasteiger partial charge on any atom is -0.367 e. The van der Waals surface area contributed by atoms with Crippen LogP contribution < -0.4 is 11.1 Å². The smallest absolute Gasteiger partial charge is 0.254 e. The number of nitrogens with two attached hydrogens (primary N) is 1. The first kappa shape index (κ1) is 19.9. The van der Waals surface area contributed by atoms with E-state index in [9.17, 15) is 14.4 Å². The van der Waals surface area contributed by atoms with Crippen molar-refractivity contribution in [1.29, 1.82) is 0 Å². The molecule has 1 atom stereocenters. The van der Waals surface area contributed by atoms with Crippen molar-refractivity contribution in [2.75, 3.05) is 6.54 Å². The zero-order valence-corrected chi connectivity index (χ0v) is 16.3. The molecule has 28 heavy (non-hydrogen) atoms. The Bertz CT molecular complexity index is 931. The lowest BCUT2D eigenvalue weighted by atomic mass is 9.91. The molecule has 0 fully saturated rings. The fourth-order valence-electron chi connectivity index (χ4n) is 3.34. The molecule has 1 heterocycles. The summed E-state index contributed by atoms with van der Waals surface area (Å²) < 4.78 is 0. The van der Waals surface area contributed by atoms with Crippen LogP contribution in [-0.4, -0.2) is 29.2 Å². The summed E-state index contributed by atoms with van der Waals surface area (Å²) in [6.07, 6.45) is 0.652. The fourth-order valence-corrected chi connectivity index (χ4v) is 3.53. The average molecular weight is 400 g/mol. The van der Waals surface area contributed by atoms with Crippen LogP contribution in [0.3, 0.4) is 0 Å². The fraction of sp³-hybridized carbons (Fsp3) is 0.286. The summed E-state index contributed by atoms with van der Waals surface area (Å²) >= 11 is 6.00. The van der Waals surface area contributed by atoms with Crippen LogP contribution in [0.2, 0.25) is 5.02 Å². The topological polar surface area (TPSA) is 92.5 Å². The molecule has 7 heteroatoms. The van der Waals surface area contributed by atoms with Crippen LogP contribution in [0.15, 0.2) is 48.5 Å². The standard InChI is InChI=1S/C21H22ClN3O3/c1-21(20(23)28,15-7-4-8-16(22)12-15)24-18(26)10-5-11-25-13-14-6-2-3-9-17(14)19(25)27/h2-4,6-9,12H,5,10-11,13H2,1H3,(H2,23,28)(H,24,26). The van der Waals surface area contributed by atoms with Crippen LogP contribution in [0.5, 0.6) is 0 Å². The Morgan fingerprint density at radius 1 is 1.21 bits per heavy atom. The highest BCUT2D eigenvalue weighted by Gasteiger charge is 2.35. The number of fused-ring (bicyclic) bond motifs is 1. The molecular weight excluding hydrogens is 378 g/mol. The van der Waals surface area contributed by atoms with Gasteiger partial charge in [0.15, 0.2) is 0 Å². The monoisotopic (exact) mass is 399 g/mol. The molecular formula is C21H22ClN3O3. The minimum atomic E-state index is -1.36. The largest absolute Gasteiger partial charge is 0.367 e. The lowest BCUT2D eigenvalue weighted by molar-refractivity contribution is -0.131. The van der Waals surface area contributed by atoms with Crippen molar-refractivity contribution in [1.82, 2.24) is 10.2 Å². The molecule has 0 saturated carbocycles. The number of primary amides is 1. The number of hydrogen-bond donors (Lipinski definition) is 2. The molecule has 3 amide bonds. The lowest BCUT2D eigenvalue weighted by Gasteiger charge is -2.28. The zero-order chi connectivity index (χ0) is 20.3. The number of nitrogens with one attached hydrogen (secondary N) is 1. The highest BCUT2D eigenvalue weighted by Crippen LogP contribution is 2.25. The quantitative estimate of drug-likeness (QED) is 0.749. The van der Waals surface area contributed by atoms with Gasteiger partial charge in [-0.15, -0.1) is 0 Å². The van der Waals surface area contributed by atoms with E-state index in [2.05, 4.69) is 5.32 Å². The van der Waals surface area contributed by atoms with E-state index in [1.807, 2.05) is 24.3 Å². The molecule has 3 rings (SSSR count). The molecule has 0 aliphatic carbocycles. The number of hydrogen-bond acceptors (Lipinski definition) is 3. The number of benzene rings is 2. The third-order valence-corrected chi connectivity index (χ3v) is 5.25. The molecule has 146 valence electrons. The average Bonchev–Trinajstić information content (AvgIpc) is 2.97. The van der Waals surface area contributed by atoms with Crippen LogP contribution in [0, 0.1) is 0 Å². The normalized spacial score (nSPS) is 15.1. The van der Waals surface area contributed by atoms with E-state index in [0.717, 1.165) is 5.56 Å². The number of halogens is 1. The first-order chi connectivity index (χ1) is 13.3. The third kappa shape index (κ3) is 4.02. The maximum Gasteiger partial charge on any atom is 0.254 e. The summed E-state index contributed by atoms with van der Waals surface area (Å²) in [6.45, 7) is 2.57. The Morgan fingerprint density at radius 2 is 1.96 bits per heavy atom. The van der Waals surface area contributed by atoms with Crippen molar-refractivity contribution in [3.05, 3.63) is 70.2 Å². The number of nitrogens with zero attached hydrogens (tertiary/aromatic N) is 1. The van der Waals surface area contributed by atoms with Gasteiger partial charge in [-0.1, -0.05) is 41.9 Å². The number of rotatable bonds is 7. The van der Waals surface area contributed by atoms with Crippen LogP contribution in [0.25, 0.3) is 0 Å². The van der Waals surface area contributed by atoms with Gasteiger partial charge < -0.3 is 16.0 Å². The molecule has 0 aromatic heterocycles. The lowest BCUT2D eigenvalue weighted by Crippen LogP contribution is -2.52. The van der Waals surface area contributed by atoms with Crippen LogP contribution in [0.4, 0.5) is 0 Å². The molecule has 1 unspecified atom stereocenters. The van der Waals surface area contributed by atoms with Crippen LogP contribution >= 0.6 is 11.6 Å². The first-order valence-corrected chi connectivity index (χ1v) is 9.43. The van der Waals surface area contributed by atoms with E-state index in [1.165, 1.54) is 0 Å². The van der Waals surface area contributed by atoms with Gasteiger partial charge in [0.1, 0.15) is 5.54 Å². The van der Waals surface area contributed by atoms with Crippen molar-refractivity contribution >= 4 is 29.3 Å². The van der Waals surface area contributed by atoms with E-state index in [4.69, 9.17) is 17.3 Å². The number of amides is 3. The molecule has 1 aliphatic rings. The maximum atomic E-state index is 12.4. The molecule has 3 N–H and O–H groups in total. The van der Waals surface area contributed by atoms with Crippen molar-refractivity contribution in [3.8, 4) is 0 Å². The molecule has 0 bridgehead atoms. The van der Waals surface area contributed by atoms with E-state index < -0.39 is 11.4 Å². The Kier molecular flexibility index (Phi) is 5.70. The molecule has 6 nitrogen and oxygen atoms in total. The van der Waals surface area contributed by atoms with Crippen LogP contribution in [-0.2, 0) is 21.7 Å². The summed E-state index contributed by atoms with van der Waals surface area (Å²) in [6, 6.07) is 14.2. The summed E-state index contributed by atoms with van der Waals surface area (Å²) in [7, 11) is 0. The summed E-state index contributed by atoms with van der Waals surface area (Å²) in [4.78, 5) is 38.6. The Balaban J connectivity index is 1.58. The van der Waals surface area contributed by atoms with E-state index in [-0.39, 0.29) is 18.2 Å². The molecule has 1 aliphatic heterocycles. The second kappa shape index (κ2) is 8.02. The third-order valence-electron chi connectivity index (χ3n) is 5.01. The summed E-state index contributed by atoms with van der Waals surface area (Å²) in [5.41, 5.74) is 6.42. The van der Waals surface area contributed by atoms with Gasteiger partial charge in [-0.25, -0.2) is 0 Å². The molecule has 0 spiro atoms. The minimum absolute atomic E-state index is 0.0168. The maximum absolute atomic E-state index is 12.4. The predicted octanol–water partition coefficient (Wildman–Crippen LogP) is 2.59. The summed E-state index contributed by atoms with van der Waals surface area (Å²) in [5, 5.41) is 3.16. The van der Waals surface area contributed by atoms with Gasteiger partial charge in [0, 0.05) is 30.1 Å². The van der Waals surface area contributed by atoms with Crippen LogP contribution in [0.1, 0.15) is 41.3 Å². The van der Waals surface area contributed by atoms with Crippen molar-refractivity contribution in [2.45, 2.75) is 31.8 Å². The summed E-state index contributed by atoms with van der Waals surface area (Å²) in [5.74, 6) is -1.00. The molecule has 2 aromatic carbocycles. The van der Waals surface area contributed by atoms with Gasteiger partial charge in [-0.3, -0.25) is 14.4 Å². The van der Waals surface area contributed by atoms with Crippen molar-refractivity contribution < 1.29 is 14.4 Å². The second-order valence-electron chi connectivity index (χ2n) is 7.04. The molecule has 0 radical (unpaired) electrons. The predicted molar refractivity (Wildman–Crippen MR) is 107 cm³/mol. The van der Waals surface area contributed by atoms with E-state index in [0.29, 0.717) is 35.7 Å². The van der Waals surface area contributed by atoms with Gasteiger partial charge >= 0.3 is 0 Å². The van der Waals surface area contributed by atoms with E-state index in [1.54, 1.807) is 36.1 Å². The van der Waals surface area contributed by atoms with Gasteiger partial charge in [-0.05, 0) is 42.7 Å². The van der Waals surface area contributed by atoms with E-state index >= 15 is 0 Å². The Morgan fingerprint density at radius 3 is 2.64 bits per heavy atom. The molecule has 0 saturated heterocycles. The van der Waals surface area contributed by atoms with Gasteiger partial charge in [0.2, 0.25) is 11.8 Å². The Labute approximate surface area is 168 Å². The van der Waals surface area contributed by atoms with Gasteiger partial charge in [0.05, 0.1) is 0 Å².